The molecule has 6 nitrogen and oxygen atoms in total. The average Bonchev–Trinajstić information content (AvgIpc) is 3.07. The molecule has 27 heavy (non-hydrogen) atoms. The molecule has 1 fully saturated rings. The van der Waals surface area contributed by atoms with Gasteiger partial charge in [-0.1, -0.05) is 23.1 Å². The number of ketones is 1. The van der Waals surface area contributed by atoms with Gasteiger partial charge in [0.2, 0.25) is 0 Å². The molecular formula is C18H21N3O3S3. The highest BCUT2D eigenvalue weighted by atomic mass is 32.2. The number of likely N-dealkylation sites (tertiary alicyclic amines) is 1. The largest absolute Gasteiger partial charge is 0.486 e. The van der Waals surface area contributed by atoms with Gasteiger partial charge in [-0.3, -0.25) is 9.69 Å². The first-order valence-corrected chi connectivity index (χ1v) is 11.4. The lowest BCUT2D eigenvalue weighted by atomic mass is 9.89. The molecule has 2 aliphatic heterocycles. The second-order valence-corrected chi connectivity index (χ2v) is 9.27. The normalized spacial score (nSPS) is 17.8. The van der Waals surface area contributed by atoms with Crippen molar-refractivity contribution in [2.75, 3.05) is 32.6 Å². The number of rotatable bonds is 5. The first kappa shape index (κ1) is 18.9. The van der Waals surface area contributed by atoms with E-state index < -0.39 is 0 Å². The maximum absolute atomic E-state index is 12.9. The lowest BCUT2D eigenvalue weighted by Gasteiger charge is -2.31. The van der Waals surface area contributed by atoms with Crippen LogP contribution in [0.2, 0.25) is 0 Å². The van der Waals surface area contributed by atoms with Crippen LogP contribution in [0.25, 0.3) is 0 Å². The minimum absolute atomic E-state index is 0.0500. The summed E-state index contributed by atoms with van der Waals surface area (Å²) in [6.45, 7) is 3.52. The highest BCUT2D eigenvalue weighted by Gasteiger charge is 2.27. The van der Waals surface area contributed by atoms with Gasteiger partial charge in [0.25, 0.3) is 0 Å². The summed E-state index contributed by atoms with van der Waals surface area (Å²) < 4.78 is 14.8. The molecular weight excluding hydrogens is 402 g/mol. The fourth-order valence-corrected chi connectivity index (χ4v) is 5.15. The Morgan fingerprint density at radius 1 is 1.30 bits per heavy atom. The monoisotopic (exact) mass is 423 g/mol. The van der Waals surface area contributed by atoms with E-state index in [4.69, 9.17) is 21.7 Å². The third-order valence-corrected chi connectivity index (χ3v) is 7.16. The van der Waals surface area contributed by atoms with E-state index in [1.807, 2.05) is 29.1 Å². The van der Waals surface area contributed by atoms with E-state index >= 15 is 0 Å². The van der Waals surface area contributed by atoms with Crippen molar-refractivity contribution in [1.82, 2.24) is 14.7 Å². The number of carbonyl (C=O) groups is 1. The Kier molecular flexibility index (Phi) is 5.82. The smallest absolute Gasteiger partial charge is 0.181 e. The summed E-state index contributed by atoms with van der Waals surface area (Å²) in [5, 5.41) is 4.52. The Hall–Kier alpha value is -1.42. The second-order valence-electron chi connectivity index (χ2n) is 6.59. The third kappa shape index (κ3) is 4.21. The molecule has 1 aromatic carbocycles. The number of nitrogens with zero attached hydrogens (tertiary/aromatic N) is 3. The molecule has 0 bridgehead atoms. The molecule has 1 saturated heterocycles. The molecule has 0 amide bonds. The summed E-state index contributed by atoms with van der Waals surface area (Å²) >= 11 is 8.55. The van der Waals surface area contributed by atoms with Gasteiger partial charge in [0.15, 0.2) is 25.6 Å². The molecule has 0 N–H and O–H groups in total. The summed E-state index contributed by atoms with van der Waals surface area (Å²) in [7, 11) is 0. The van der Waals surface area contributed by atoms with Crippen LogP contribution in [-0.2, 0) is 6.67 Å². The Labute approximate surface area is 171 Å². The molecule has 2 aliphatic rings. The SMILES string of the molecule is CSc1nn(CN2CCC(C(=O)c3ccc4c(c3)OCCO4)CC2)c(=S)s1. The van der Waals surface area contributed by atoms with Gasteiger partial charge in [-0.25, -0.2) is 4.68 Å². The number of ether oxygens (including phenoxy) is 2. The van der Waals surface area contributed by atoms with E-state index in [-0.39, 0.29) is 11.7 Å². The number of hydrogen-bond acceptors (Lipinski definition) is 8. The first-order valence-electron chi connectivity index (χ1n) is 8.92. The molecule has 2 aromatic rings. The lowest BCUT2D eigenvalue weighted by Crippen LogP contribution is -2.37. The van der Waals surface area contributed by atoms with Crippen molar-refractivity contribution >= 4 is 41.1 Å². The third-order valence-electron chi connectivity index (χ3n) is 4.88. The van der Waals surface area contributed by atoms with E-state index in [1.165, 1.54) is 0 Å². The molecule has 0 unspecified atom stereocenters. The van der Waals surface area contributed by atoms with E-state index in [0.29, 0.717) is 31.2 Å². The fourth-order valence-electron chi connectivity index (χ4n) is 3.42. The zero-order valence-electron chi connectivity index (χ0n) is 15.1. The molecule has 0 aliphatic carbocycles. The van der Waals surface area contributed by atoms with Gasteiger partial charge in [0.1, 0.15) is 13.2 Å². The number of hydrogen-bond donors (Lipinski definition) is 0. The minimum Gasteiger partial charge on any atom is -0.486 e. The van der Waals surface area contributed by atoms with Crippen molar-refractivity contribution in [1.29, 1.82) is 0 Å². The van der Waals surface area contributed by atoms with Crippen LogP contribution in [0.4, 0.5) is 0 Å². The van der Waals surface area contributed by atoms with Crippen LogP contribution in [0, 0.1) is 9.87 Å². The van der Waals surface area contributed by atoms with E-state index in [0.717, 1.165) is 40.0 Å². The standard InChI is InChI=1S/C18H21N3O3S3/c1-26-17-19-21(18(25)27-17)11-20-6-4-12(5-7-20)16(22)13-2-3-14-15(10-13)24-9-8-23-14/h2-3,10,12H,4-9,11H2,1H3. The molecule has 0 atom stereocenters. The van der Waals surface area contributed by atoms with Crippen molar-refractivity contribution in [3.05, 3.63) is 27.7 Å². The van der Waals surface area contributed by atoms with Gasteiger partial charge in [0, 0.05) is 24.6 Å². The van der Waals surface area contributed by atoms with Crippen molar-refractivity contribution in [2.24, 2.45) is 5.92 Å². The Bertz CT molecular complexity index is 887. The zero-order chi connectivity index (χ0) is 18.8. The van der Waals surface area contributed by atoms with Gasteiger partial charge in [-0.15, -0.1) is 0 Å². The van der Waals surface area contributed by atoms with Gasteiger partial charge in [0.05, 0.1) is 6.67 Å². The first-order chi connectivity index (χ1) is 13.1. The highest BCUT2D eigenvalue weighted by Crippen LogP contribution is 2.32. The predicted molar refractivity (Wildman–Crippen MR) is 109 cm³/mol. The van der Waals surface area contributed by atoms with Crippen LogP contribution in [0.15, 0.2) is 22.5 Å². The molecule has 9 heteroatoms. The number of piperidine rings is 1. The number of carbonyl (C=O) groups excluding carboxylic acids is 1. The number of thioether (sulfide) groups is 1. The quantitative estimate of drug-likeness (QED) is 0.413. The molecule has 3 heterocycles. The Morgan fingerprint density at radius 3 is 2.74 bits per heavy atom. The van der Waals surface area contributed by atoms with Crippen molar-refractivity contribution in [2.45, 2.75) is 23.8 Å². The predicted octanol–water partition coefficient (Wildman–Crippen LogP) is 3.72. The van der Waals surface area contributed by atoms with Crippen LogP contribution in [0.5, 0.6) is 11.5 Å². The lowest BCUT2D eigenvalue weighted by molar-refractivity contribution is 0.0802. The van der Waals surface area contributed by atoms with Crippen molar-refractivity contribution in [3.8, 4) is 11.5 Å². The van der Waals surface area contributed by atoms with Crippen LogP contribution in [-0.4, -0.2) is 53.0 Å². The molecule has 144 valence electrons. The van der Waals surface area contributed by atoms with E-state index in [1.54, 1.807) is 23.1 Å². The maximum atomic E-state index is 12.9. The fraction of sp³-hybridized carbons (Fsp3) is 0.500. The van der Waals surface area contributed by atoms with Crippen LogP contribution in [0.3, 0.4) is 0 Å². The van der Waals surface area contributed by atoms with Crippen LogP contribution in [0.1, 0.15) is 23.2 Å². The maximum Gasteiger partial charge on any atom is 0.181 e. The summed E-state index contributed by atoms with van der Waals surface area (Å²) in [4.78, 5) is 15.2. The Balaban J connectivity index is 1.36. The van der Waals surface area contributed by atoms with Gasteiger partial charge in [-0.2, -0.15) is 5.10 Å². The molecule has 0 radical (unpaired) electrons. The summed E-state index contributed by atoms with van der Waals surface area (Å²) in [6.07, 6.45) is 3.70. The van der Waals surface area contributed by atoms with Gasteiger partial charge < -0.3 is 9.47 Å². The summed E-state index contributed by atoms with van der Waals surface area (Å²) in [5.74, 6) is 1.64. The number of fused-ring (bicyclic) bond motifs is 1. The topological polar surface area (TPSA) is 56.6 Å². The van der Waals surface area contributed by atoms with Crippen molar-refractivity contribution in [3.63, 3.8) is 0 Å². The van der Waals surface area contributed by atoms with E-state index in [9.17, 15) is 4.79 Å². The zero-order valence-corrected chi connectivity index (χ0v) is 17.5. The summed E-state index contributed by atoms with van der Waals surface area (Å²) in [6, 6.07) is 5.51. The number of aromatic nitrogens is 2. The number of Topliss-reactive ketones (excluding diaryl/α,β-unsaturated/α-hetero) is 1. The summed E-state index contributed by atoms with van der Waals surface area (Å²) in [5.41, 5.74) is 0.712. The molecule has 0 spiro atoms. The second kappa shape index (κ2) is 8.30. The average molecular weight is 424 g/mol. The van der Waals surface area contributed by atoms with Crippen molar-refractivity contribution < 1.29 is 14.3 Å². The minimum atomic E-state index is 0.0500. The highest BCUT2D eigenvalue weighted by molar-refractivity contribution is 8.00. The molecule has 1 aromatic heterocycles. The van der Waals surface area contributed by atoms with Crippen LogP contribution >= 0.6 is 35.3 Å². The molecule has 0 saturated carbocycles. The van der Waals surface area contributed by atoms with Gasteiger partial charge >= 0.3 is 0 Å². The van der Waals surface area contributed by atoms with Crippen LogP contribution < -0.4 is 9.47 Å². The number of benzene rings is 1. The van der Waals surface area contributed by atoms with E-state index in [2.05, 4.69) is 10.00 Å². The van der Waals surface area contributed by atoms with Gasteiger partial charge in [-0.05, 0) is 49.5 Å². The molecule has 4 rings (SSSR count). The Morgan fingerprint density at radius 2 is 2.04 bits per heavy atom.